The minimum Gasteiger partial charge on any atom is -0.338 e. The highest BCUT2D eigenvalue weighted by atomic mass is 19.1. The van der Waals surface area contributed by atoms with Crippen LogP contribution < -0.4 is 10.6 Å². The second kappa shape index (κ2) is 6.37. The normalized spacial score (nSPS) is 33.6. The SMILES string of the molecule is O=C(NCc1ccn(CCF)n1)NCC12CC3CC(CC(C3)C1)C2. The first-order valence-corrected chi connectivity index (χ1v) is 9.24. The number of urea groups is 1. The van der Waals surface area contributed by atoms with E-state index < -0.39 is 6.67 Å². The highest BCUT2D eigenvalue weighted by molar-refractivity contribution is 5.73. The van der Waals surface area contributed by atoms with Crippen molar-refractivity contribution in [3.63, 3.8) is 0 Å². The van der Waals surface area contributed by atoms with Crippen molar-refractivity contribution < 1.29 is 9.18 Å². The number of halogens is 1. The predicted octanol–water partition coefficient (Wildman–Crippen LogP) is 2.87. The summed E-state index contributed by atoms with van der Waals surface area (Å²) in [4.78, 5) is 12.1. The number of amides is 2. The number of nitrogens with zero attached hydrogens (tertiary/aromatic N) is 2. The van der Waals surface area contributed by atoms with E-state index in [0.29, 0.717) is 12.0 Å². The van der Waals surface area contributed by atoms with Crippen LogP contribution >= 0.6 is 0 Å². The first-order chi connectivity index (χ1) is 11.6. The molecule has 0 radical (unpaired) electrons. The van der Waals surface area contributed by atoms with Gasteiger partial charge in [0.2, 0.25) is 0 Å². The van der Waals surface area contributed by atoms with Gasteiger partial charge in [0.15, 0.2) is 0 Å². The summed E-state index contributed by atoms with van der Waals surface area (Å²) >= 11 is 0. The molecular formula is C18H27FN4O. The van der Waals surface area contributed by atoms with E-state index in [0.717, 1.165) is 30.0 Å². The number of hydrogen-bond acceptors (Lipinski definition) is 2. The van der Waals surface area contributed by atoms with Crippen molar-refractivity contribution >= 4 is 6.03 Å². The second-order valence-corrected chi connectivity index (χ2v) is 8.21. The van der Waals surface area contributed by atoms with E-state index in [1.165, 1.54) is 38.5 Å². The average Bonchev–Trinajstić information content (AvgIpc) is 2.98. The second-order valence-electron chi connectivity index (χ2n) is 8.21. The summed E-state index contributed by atoms with van der Waals surface area (Å²) < 4.78 is 13.8. The third-order valence-corrected chi connectivity index (χ3v) is 6.23. The summed E-state index contributed by atoms with van der Waals surface area (Å²) in [5.41, 5.74) is 1.11. The van der Waals surface area contributed by atoms with Crippen LogP contribution in [0.3, 0.4) is 0 Å². The molecule has 4 aliphatic carbocycles. The maximum absolute atomic E-state index is 12.3. The first kappa shape index (κ1) is 15.9. The van der Waals surface area contributed by atoms with Crippen LogP contribution in [0, 0.1) is 23.2 Å². The zero-order valence-corrected chi connectivity index (χ0v) is 14.1. The summed E-state index contributed by atoms with van der Waals surface area (Å²) in [5.74, 6) is 2.71. The lowest BCUT2D eigenvalue weighted by Crippen LogP contribution is -2.52. The Morgan fingerprint density at radius 3 is 2.50 bits per heavy atom. The average molecular weight is 334 g/mol. The zero-order valence-electron chi connectivity index (χ0n) is 14.1. The number of alkyl halides is 1. The molecule has 1 heterocycles. The first-order valence-electron chi connectivity index (χ1n) is 9.24. The predicted molar refractivity (Wildman–Crippen MR) is 89.0 cm³/mol. The van der Waals surface area contributed by atoms with E-state index in [9.17, 15) is 9.18 Å². The van der Waals surface area contributed by atoms with Gasteiger partial charge in [0.1, 0.15) is 6.67 Å². The molecule has 0 spiro atoms. The maximum atomic E-state index is 12.3. The van der Waals surface area contributed by atoms with Crippen LogP contribution in [0.15, 0.2) is 12.3 Å². The van der Waals surface area contributed by atoms with Crippen molar-refractivity contribution in [1.82, 2.24) is 20.4 Å². The minimum absolute atomic E-state index is 0.120. The van der Waals surface area contributed by atoms with Gasteiger partial charge in [-0.3, -0.25) is 4.68 Å². The third kappa shape index (κ3) is 3.28. The van der Waals surface area contributed by atoms with Gasteiger partial charge < -0.3 is 10.6 Å². The molecule has 0 atom stereocenters. The Morgan fingerprint density at radius 2 is 1.88 bits per heavy atom. The summed E-state index contributed by atoms with van der Waals surface area (Å²) in [6.45, 7) is 1.02. The molecule has 0 aromatic carbocycles. The van der Waals surface area contributed by atoms with E-state index in [4.69, 9.17) is 0 Å². The van der Waals surface area contributed by atoms with E-state index in [1.54, 1.807) is 10.9 Å². The molecule has 6 heteroatoms. The standard InChI is InChI=1S/C18H27FN4O/c19-2-4-23-3-1-16(22-23)11-20-17(24)21-12-18-8-13-5-14(9-18)7-15(6-13)10-18/h1,3,13-15H,2,4-12H2,(H2,20,21,24). The third-order valence-electron chi connectivity index (χ3n) is 6.23. The number of carbonyl (C=O) groups is 1. The molecule has 0 unspecified atom stereocenters. The van der Waals surface area contributed by atoms with Crippen molar-refractivity contribution in [2.45, 2.75) is 51.6 Å². The zero-order chi connectivity index (χ0) is 16.6. The number of nitrogens with one attached hydrogen (secondary N) is 2. The highest BCUT2D eigenvalue weighted by Gasteiger charge is 2.50. The molecule has 5 rings (SSSR count). The number of hydrogen-bond donors (Lipinski definition) is 2. The van der Waals surface area contributed by atoms with Crippen LogP contribution in [0.5, 0.6) is 0 Å². The Kier molecular flexibility index (Phi) is 4.22. The fourth-order valence-electron chi connectivity index (χ4n) is 5.72. The molecule has 0 aliphatic heterocycles. The number of carbonyl (C=O) groups excluding carboxylic acids is 1. The smallest absolute Gasteiger partial charge is 0.315 e. The van der Waals surface area contributed by atoms with Crippen molar-refractivity contribution in [2.75, 3.05) is 13.2 Å². The van der Waals surface area contributed by atoms with Crippen molar-refractivity contribution in [3.8, 4) is 0 Å². The highest BCUT2D eigenvalue weighted by Crippen LogP contribution is 2.59. The van der Waals surface area contributed by atoms with Crippen molar-refractivity contribution in [2.24, 2.45) is 23.2 Å². The molecule has 1 aromatic rings. The van der Waals surface area contributed by atoms with E-state index in [1.807, 2.05) is 6.07 Å². The molecule has 5 nitrogen and oxygen atoms in total. The van der Waals surface area contributed by atoms with Crippen LogP contribution in [-0.2, 0) is 13.1 Å². The van der Waals surface area contributed by atoms with Gasteiger partial charge in [-0.1, -0.05) is 0 Å². The Labute approximate surface area is 142 Å². The van der Waals surface area contributed by atoms with Crippen molar-refractivity contribution in [3.05, 3.63) is 18.0 Å². The Morgan fingerprint density at radius 1 is 1.21 bits per heavy atom. The molecule has 4 aliphatic rings. The van der Waals surface area contributed by atoms with E-state index in [-0.39, 0.29) is 12.6 Å². The fourth-order valence-corrected chi connectivity index (χ4v) is 5.72. The number of rotatable bonds is 6. The van der Waals surface area contributed by atoms with Crippen LogP contribution in [0.25, 0.3) is 0 Å². The number of aryl methyl sites for hydroxylation is 1. The van der Waals surface area contributed by atoms with Gasteiger partial charge in [-0.25, -0.2) is 9.18 Å². The quantitative estimate of drug-likeness (QED) is 0.840. The van der Waals surface area contributed by atoms with Crippen LogP contribution in [0.2, 0.25) is 0 Å². The maximum Gasteiger partial charge on any atom is 0.315 e. The van der Waals surface area contributed by atoms with Crippen LogP contribution in [0.1, 0.15) is 44.2 Å². The summed E-state index contributed by atoms with van der Waals surface area (Å²) in [5, 5.41) is 10.2. The van der Waals surface area contributed by atoms with Gasteiger partial charge in [-0.05, 0) is 67.8 Å². The van der Waals surface area contributed by atoms with Gasteiger partial charge >= 0.3 is 6.03 Å². The van der Waals surface area contributed by atoms with Crippen molar-refractivity contribution in [1.29, 1.82) is 0 Å². The lowest BCUT2D eigenvalue weighted by molar-refractivity contribution is -0.0498. The van der Waals surface area contributed by atoms with E-state index in [2.05, 4.69) is 15.7 Å². The molecule has 4 fully saturated rings. The molecule has 4 bridgehead atoms. The van der Waals surface area contributed by atoms with Gasteiger partial charge in [0.05, 0.1) is 18.8 Å². The van der Waals surface area contributed by atoms with Crippen LogP contribution in [0.4, 0.5) is 9.18 Å². The molecule has 132 valence electrons. The Balaban J connectivity index is 1.25. The summed E-state index contributed by atoms with van der Waals surface area (Å²) in [7, 11) is 0. The van der Waals surface area contributed by atoms with E-state index >= 15 is 0 Å². The monoisotopic (exact) mass is 334 g/mol. The molecule has 2 amide bonds. The fraction of sp³-hybridized carbons (Fsp3) is 0.778. The van der Waals surface area contributed by atoms with Crippen LogP contribution in [-0.4, -0.2) is 29.0 Å². The molecular weight excluding hydrogens is 307 g/mol. The van der Waals surface area contributed by atoms with Gasteiger partial charge in [-0.2, -0.15) is 5.10 Å². The molecule has 2 N–H and O–H groups in total. The molecule has 0 saturated heterocycles. The molecule has 24 heavy (non-hydrogen) atoms. The number of aromatic nitrogens is 2. The lowest BCUT2D eigenvalue weighted by Gasteiger charge is -2.56. The largest absolute Gasteiger partial charge is 0.338 e. The van der Waals surface area contributed by atoms with Gasteiger partial charge in [0.25, 0.3) is 0 Å². The lowest BCUT2D eigenvalue weighted by atomic mass is 9.49. The Bertz CT molecular complexity index is 564. The van der Waals surface area contributed by atoms with Gasteiger partial charge in [0, 0.05) is 12.7 Å². The molecule has 4 saturated carbocycles. The Hall–Kier alpha value is -1.59. The summed E-state index contributed by atoms with van der Waals surface area (Å²) in [6, 6.07) is 1.69. The van der Waals surface area contributed by atoms with Gasteiger partial charge in [-0.15, -0.1) is 0 Å². The minimum atomic E-state index is -0.430. The topological polar surface area (TPSA) is 59.0 Å². The molecule has 1 aromatic heterocycles. The summed E-state index contributed by atoms with van der Waals surface area (Å²) in [6.07, 6.45) is 9.91.